The summed E-state index contributed by atoms with van der Waals surface area (Å²) in [6.45, 7) is 6.13. The Morgan fingerprint density at radius 1 is 1.30 bits per heavy atom. The van der Waals surface area contributed by atoms with E-state index in [0.29, 0.717) is 0 Å². The van der Waals surface area contributed by atoms with Gasteiger partial charge in [-0.05, 0) is 37.0 Å². The molecule has 0 bridgehead atoms. The van der Waals surface area contributed by atoms with Gasteiger partial charge in [-0.2, -0.15) is 11.8 Å². The molecule has 1 heterocycles. The molecule has 0 atom stereocenters. The van der Waals surface area contributed by atoms with Crippen molar-refractivity contribution < 1.29 is 4.42 Å². The highest BCUT2D eigenvalue weighted by Gasteiger charge is 1.99. The molecular weight excluding hydrogens is 421 g/mol. The Kier molecular flexibility index (Phi) is 15.8. The molecule has 0 unspecified atom stereocenters. The van der Waals surface area contributed by atoms with Crippen molar-refractivity contribution in [3.63, 3.8) is 0 Å². The van der Waals surface area contributed by atoms with E-state index < -0.39 is 0 Å². The fourth-order valence-corrected chi connectivity index (χ4v) is 2.50. The van der Waals surface area contributed by atoms with Crippen LogP contribution in [0.15, 0.2) is 40.5 Å². The number of nitrogens with zero attached hydrogens (tertiary/aromatic N) is 1. The minimum atomic E-state index is 0. The van der Waals surface area contributed by atoms with Crippen LogP contribution in [-0.2, 0) is 6.42 Å². The van der Waals surface area contributed by atoms with Gasteiger partial charge in [0.1, 0.15) is 5.76 Å². The Hall–Kier alpha value is -0.630. The summed E-state index contributed by atoms with van der Waals surface area (Å²) in [5.74, 6) is 3.11. The van der Waals surface area contributed by atoms with Crippen LogP contribution in [0, 0.1) is 0 Å². The van der Waals surface area contributed by atoms with Crippen LogP contribution in [0.4, 0.5) is 0 Å². The van der Waals surface area contributed by atoms with Crippen molar-refractivity contribution in [3.05, 3.63) is 36.8 Å². The number of thioether (sulfide) groups is 1. The maximum Gasteiger partial charge on any atom is 0.191 e. The largest absolute Gasteiger partial charge is 0.469 e. The van der Waals surface area contributed by atoms with Crippen LogP contribution < -0.4 is 10.6 Å². The van der Waals surface area contributed by atoms with E-state index in [1.165, 1.54) is 25.0 Å². The third-order valence-corrected chi connectivity index (χ3v) is 3.88. The van der Waals surface area contributed by atoms with Gasteiger partial charge in [0.05, 0.1) is 6.26 Å². The maximum atomic E-state index is 5.32. The predicted molar refractivity (Wildman–Crippen MR) is 113 cm³/mol. The fourth-order valence-electron chi connectivity index (χ4n) is 2.00. The van der Waals surface area contributed by atoms with E-state index in [4.69, 9.17) is 4.42 Å². The van der Waals surface area contributed by atoms with Gasteiger partial charge in [0.2, 0.25) is 0 Å². The summed E-state index contributed by atoms with van der Waals surface area (Å²) in [5.41, 5.74) is 0. The number of unbranched alkanes of at least 4 members (excludes halogenated alkanes) is 3. The average molecular weight is 451 g/mol. The van der Waals surface area contributed by atoms with Crippen LogP contribution in [-0.4, -0.2) is 37.6 Å². The molecule has 132 valence electrons. The summed E-state index contributed by atoms with van der Waals surface area (Å²) in [4.78, 5) is 4.61. The summed E-state index contributed by atoms with van der Waals surface area (Å²) in [7, 11) is 0. The first-order valence-corrected chi connectivity index (χ1v) is 9.40. The molecule has 0 amide bonds. The highest BCUT2D eigenvalue weighted by atomic mass is 127. The fraction of sp³-hybridized carbons (Fsp3) is 0.588. The van der Waals surface area contributed by atoms with Gasteiger partial charge in [-0.3, -0.25) is 4.99 Å². The lowest BCUT2D eigenvalue weighted by Gasteiger charge is -2.10. The maximum absolute atomic E-state index is 5.32. The van der Waals surface area contributed by atoms with E-state index in [9.17, 15) is 0 Å². The van der Waals surface area contributed by atoms with Crippen LogP contribution in [0.5, 0.6) is 0 Å². The predicted octanol–water partition coefficient (Wildman–Crippen LogP) is 4.08. The second kappa shape index (κ2) is 16.2. The van der Waals surface area contributed by atoms with Crippen molar-refractivity contribution in [2.24, 2.45) is 4.99 Å². The highest BCUT2D eigenvalue weighted by Crippen LogP contribution is 2.04. The number of guanidine groups is 1. The Morgan fingerprint density at radius 3 is 2.83 bits per heavy atom. The minimum absolute atomic E-state index is 0. The van der Waals surface area contributed by atoms with E-state index in [1.807, 2.05) is 30.0 Å². The summed E-state index contributed by atoms with van der Waals surface area (Å²) in [5, 5.41) is 6.58. The molecular formula is C17H30IN3OS. The first kappa shape index (κ1) is 22.4. The van der Waals surface area contributed by atoms with Crippen molar-refractivity contribution in [1.82, 2.24) is 10.6 Å². The van der Waals surface area contributed by atoms with Crippen molar-refractivity contribution in [2.75, 3.05) is 31.6 Å². The molecule has 4 nitrogen and oxygen atoms in total. The molecule has 0 saturated heterocycles. The van der Waals surface area contributed by atoms with Gasteiger partial charge >= 0.3 is 0 Å². The van der Waals surface area contributed by atoms with E-state index in [2.05, 4.69) is 28.5 Å². The Balaban J connectivity index is 0.00000484. The average Bonchev–Trinajstić information content (AvgIpc) is 3.04. The number of nitrogens with one attached hydrogen (secondary N) is 2. The number of aliphatic imine (C=N–C) groups is 1. The zero-order valence-electron chi connectivity index (χ0n) is 14.1. The molecule has 2 N–H and O–H groups in total. The van der Waals surface area contributed by atoms with Crippen LogP contribution in [0.3, 0.4) is 0 Å². The Labute approximate surface area is 162 Å². The Bertz CT molecular complexity index is 410. The van der Waals surface area contributed by atoms with Crippen LogP contribution in [0.1, 0.15) is 31.4 Å². The van der Waals surface area contributed by atoms with Crippen LogP contribution in [0.2, 0.25) is 0 Å². The molecule has 1 aromatic rings. The molecule has 0 aliphatic rings. The van der Waals surface area contributed by atoms with E-state index in [-0.39, 0.29) is 24.0 Å². The lowest BCUT2D eigenvalue weighted by Crippen LogP contribution is -2.38. The second-order valence-electron chi connectivity index (χ2n) is 5.06. The van der Waals surface area contributed by atoms with E-state index in [1.54, 1.807) is 6.26 Å². The smallest absolute Gasteiger partial charge is 0.191 e. The first-order chi connectivity index (χ1) is 10.9. The van der Waals surface area contributed by atoms with Gasteiger partial charge in [-0.15, -0.1) is 30.6 Å². The zero-order valence-corrected chi connectivity index (χ0v) is 17.2. The molecule has 6 heteroatoms. The number of rotatable bonds is 12. The number of hydrogen-bond donors (Lipinski definition) is 2. The molecule has 1 aromatic heterocycles. The van der Waals surface area contributed by atoms with Gasteiger partial charge in [0, 0.05) is 26.1 Å². The molecule has 0 aliphatic heterocycles. The SMILES string of the molecule is C=CCNC(=NCCCCCCSC)NCCc1ccco1.I. The van der Waals surface area contributed by atoms with Crippen molar-refractivity contribution in [3.8, 4) is 0 Å². The minimum Gasteiger partial charge on any atom is -0.469 e. The van der Waals surface area contributed by atoms with Gasteiger partial charge in [-0.1, -0.05) is 18.9 Å². The molecule has 0 radical (unpaired) electrons. The molecule has 0 spiro atoms. The van der Waals surface area contributed by atoms with Crippen molar-refractivity contribution in [1.29, 1.82) is 0 Å². The van der Waals surface area contributed by atoms with Gasteiger partial charge in [0.25, 0.3) is 0 Å². The molecule has 0 aliphatic carbocycles. The number of furan rings is 1. The van der Waals surface area contributed by atoms with Gasteiger partial charge in [-0.25, -0.2) is 0 Å². The highest BCUT2D eigenvalue weighted by molar-refractivity contribution is 14.0. The first-order valence-electron chi connectivity index (χ1n) is 8.01. The zero-order chi connectivity index (χ0) is 15.9. The van der Waals surface area contributed by atoms with E-state index >= 15 is 0 Å². The van der Waals surface area contributed by atoms with Crippen LogP contribution >= 0.6 is 35.7 Å². The Morgan fingerprint density at radius 2 is 2.13 bits per heavy atom. The summed E-state index contributed by atoms with van der Waals surface area (Å²) < 4.78 is 5.32. The summed E-state index contributed by atoms with van der Waals surface area (Å²) in [6, 6.07) is 3.90. The lowest BCUT2D eigenvalue weighted by atomic mass is 10.2. The summed E-state index contributed by atoms with van der Waals surface area (Å²) >= 11 is 1.92. The number of halogens is 1. The summed E-state index contributed by atoms with van der Waals surface area (Å²) in [6.07, 6.45) is 11.6. The van der Waals surface area contributed by atoms with Crippen LogP contribution in [0.25, 0.3) is 0 Å². The number of hydrogen-bond acceptors (Lipinski definition) is 3. The van der Waals surface area contributed by atoms with Gasteiger partial charge < -0.3 is 15.1 Å². The quantitative estimate of drug-likeness (QED) is 0.165. The third kappa shape index (κ3) is 12.5. The van der Waals surface area contributed by atoms with Gasteiger partial charge in [0.15, 0.2) is 5.96 Å². The van der Waals surface area contributed by atoms with Crippen molar-refractivity contribution in [2.45, 2.75) is 32.1 Å². The normalized spacial score (nSPS) is 10.9. The topological polar surface area (TPSA) is 49.6 Å². The standard InChI is InChI=1S/C17H29N3OS.HI/c1-3-11-18-17(19-12-6-4-5-7-15-22-2)20-13-10-16-9-8-14-21-16;/h3,8-9,14H,1,4-7,10-13,15H2,2H3,(H2,18,19,20);1H. The lowest BCUT2D eigenvalue weighted by molar-refractivity contribution is 0.507. The molecule has 0 fully saturated rings. The molecule has 23 heavy (non-hydrogen) atoms. The second-order valence-corrected chi connectivity index (χ2v) is 6.05. The monoisotopic (exact) mass is 451 g/mol. The van der Waals surface area contributed by atoms with Crippen molar-refractivity contribution >= 4 is 41.7 Å². The molecule has 1 rings (SSSR count). The molecule has 0 aromatic carbocycles. The van der Waals surface area contributed by atoms with E-state index in [0.717, 1.165) is 44.2 Å². The third-order valence-electron chi connectivity index (χ3n) is 3.18. The molecule has 0 saturated carbocycles.